The largest absolute Gasteiger partial charge is 0.507 e. The van der Waals surface area contributed by atoms with Gasteiger partial charge in [0.05, 0.1) is 12.7 Å². The second-order valence-corrected chi connectivity index (χ2v) is 11.1. The van der Waals surface area contributed by atoms with Crippen LogP contribution in [-0.4, -0.2) is 94.2 Å². The molecule has 2 aliphatic rings. The Balaban J connectivity index is 1.27. The topological polar surface area (TPSA) is 181 Å². The third-order valence-electron chi connectivity index (χ3n) is 7.55. The van der Waals surface area contributed by atoms with E-state index in [0.29, 0.717) is 30.0 Å². The quantitative estimate of drug-likeness (QED) is 0.241. The Morgan fingerprint density at radius 1 is 1.21 bits per heavy atom. The number of carbonyl (C=O) groups is 2. The number of aliphatic hydroxyl groups excluding tert-OH is 2. The van der Waals surface area contributed by atoms with Crippen molar-refractivity contribution in [2.75, 3.05) is 25.0 Å². The summed E-state index contributed by atoms with van der Waals surface area (Å²) in [6.45, 7) is 8.33. The molecule has 43 heavy (non-hydrogen) atoms. The van der Waals surface area contributed by atoms with Gasteiger partial charge < -0.3 is 30.6 Å². The van der Waals surface area contributed by atoms with Crippen LogP contribution in [0.4, 0.5) is 10.2 Å². The molecule has 228 valence electrons. The molecule has 3 aromatic heterocycles. The van der Waals surface area contributed by atoms with E-state index in [-0.39, 0.29) is 54.1 Å². The lowest BCUT2D eigenvalue weighted by Gasteiger charge is -2.42. The molecule has 15 heteroatoms. The fourth-order valence-electron chi connectivity index (χ4n) is 5.08. The molecule has 0 saturated carbocycles. The van der Waals surface area contributed by atoms with E-state index in [1.54, 1.807) is 21.9 Å². The molecule has 0 aliphatic carbocycles. The molecule has 0 spiro atoms. The third kappa shape index (κ3) is 5.93. The van der Waals surface area contributed by atoms with Crippen molar-refractivity contribution in [3.63, 3.8) is 0 Å². The molecule has 5 N–H and O–H groups in total. The zero-order valence-corrected chi connectivity index (χ0v) is 24.2. The number of anilines is 1. The summed E-state index contributed by atoms with van der Waals surface area (Å²) in [4.78, 5) is 49.6. The number of amides is 2. The maximum absolute atomic E-state index is 14.8. The SMILES string of the molecule is CC(C)[C@@H](CC(=O)NCC1=CC(O)C(O)=C2C(=O)N(C(C)C)CCN12)Nc1nc(-c2ccc3n[nH]c(=O)n3c2)ncc1F. The average Bonchev–Trinajstić information content (AvgIpc) is 3.34. The first-order chi connectivity index (χ1) is 20.4. The second-order valence-electron chi connectivity index (χ2n) is 11.1. The Hall–Kier alpha value is -4.79. The van der Waals surface area contributed by atoms with Gasteiger partial charge in [0.25, 0.3) is 5.91 Å². The number of piperazine rings is 1. The van der Waals surface area contributed by atoms with E-state index in [2.05, 4.69) is 30.8 Å². The normalized spacial score (nSPS) is 17.9. The highest BCUT2D eigenvalue weighted by Crippen LogP contribution is 2.29. The molecule has 0 bridgehead atoms. The van der Waals surface area contributed by atoms with E-state index in [4.69, 9.17) is 0 Å². The maximum atomic E-state index is 14.8. The molecule has 5 rings (SSSR count). The van der Waals surface area contributed by atoms with Crippen molar-refractivity contribution in [2.24, 2.45) is 5.92 Å². The summed E-state index contributed by atoms with van der Waals surface area (Å²) in [5.41, 5.74) is 0.933. The molecule has 2 atom stereocenters. The molecular weight excluding hydrogens is 561 g/mol. The van der Waals surface area contributed by atoms with Crippen LogP contribution >= 0.6 is 0 Å². The summed E-state index contributed by atoms with van der Waals surface area (Å²) in [7, 11) is 0. The average molecular weight is 596 g/mol. The van der Waals surface area contributed by atoms with Gasteiger partial charge in [0.1, 0.15) is 11.8 Å². The van der Waals surface area contributed by atoms with Gasteiger partial charge in [-0.25, -0.2) is 28.7 Å². The number of hydrogen-bond donors (Lipinski definition) is 5. The third-order valence-corrected chi connectivity index (χ3v) is 7.55. The van der Waals surface area contributed by atoms with E-state index >= 15 is 0 Å². The zero-order chi connectivity index (χ0) is 31.0. The first-order valence-electron chi connectivity index (χ1n) is 14.0. The predicted octanol–water partition coefficient (Wildman–Crippen LogP) is 1.14. The monoisotopic (exact) mass is 595 g/mol. The first-order valence-corrected chi connectivity index (χ1v) is 14.0. The Labute approximate surface area is 245 Å². The minimum absolute atomic E-state index is 0.00718. The van der Waals surface area contributed by atoms with Crippen LogP contribution in [0.3, 0.4) is 0 Å². The number of aromatic nitrogens is 5. The summed E-state index contributed by atoms with van der Waals surface area (Å²) in [5, 5.41) is 32.9. The molecule has 2 amide bonds. The molecule has 14 nitrogen and oxygen atoms in total. The second kappa shape index (κ2) is 11.8. The van der Waals surface area contributed by atoms with E-state index in [1.165, 1.54) is 16.7 Å². The van der Waals surface area contributed by atoms with Crippen molar-refractivity contribution < 1.29 is 24.2 Å². The summed E-state index contributed by atoms with van der Waals surface area (Å²) < 4.78 is 16.1. The van der Waals surface area contributed by atoms with Gasteiger partial charge in [0.15, 0.2) is 28.9 Å². The van der Waals surface area contributed by atoms with Gasteiger partial charge in [-0.2, -0.15) is 5.10 Å². The number of hydrogen-bond acceptors (Lipinski definition) is 10. The standard InChI is InChI=1S/C28H34FN9O5/c1-14(2)19(32-26-18(29)12-31-25(33-26)16-5-6-21-34-35-28(43)38(21)13-16)10-22(40)30-11-17-9-20(39)24(41)23-27(42)36(15(3)4)7-8-37(17)23/h5-6,9,12-15,19-20,39,41H,7-8,10-11H2,1-4H3,(H,30,40)(H,35,43)(H,31,32,33)/t19-,20?/m1/s1. The number of aliphatic hydroxyl groups is 2. The highest BCUT2D eigenvalue weighted by molar-refractivity contribution is 5.95. The highest BCUT2D eigenvalue weighted by atomic mass is 19.1. The Bertz CT molecular complexity index is 1680. The molecular formula is C28H34FN9O5. The van der Waals surface area contributed by atoms with Gasteiger partial charge in [0.2, 0.25) is 5.91 Å². The number of nitrogens with one attached hydrogen (secondary N) is 3. The lowest BCUT2D eigenvalue weighted by atomic mass is 10.00. The lowest BCUT2D eigenvalue weighted by Crippen LogP contribution is -2.54. The van der Waals surface area contributed by atoms with Gasteiger partial charge in [-0.3, -0.25) is 9.59 Å². The summed E-state index contributed by atoms with van der Waals surface area (Å²) in [6, 6.07) is 2.67. The smallest absolute Gasteiger partial charge is 0.347 e. The Morgan fingerprint density at radius 3 is 2.70 bits per heavy atom. The van der Waals surface area contributed by atoms with Crippen LogP contribution in [0.5, 0.6) is 0 Å². The first kappa shape index (κ1) is 29.7. The van der Waals surface area contributed by atoms with Crippen LogP contribution in [0, 0.1) is 11.7 Å². The molecule has 1 unspecified atom stereocenters. The van der Waals surface area contributed by atoms with Gasteiger partial charge in [-0.1, -0.05) is 13.8 Å². The number of H-pyrrole nitrogens is 1. The van der Waals surface area contributed by atoms with Crippen LogP contribution in [0.1, 0.15) is 34.1 Å². The molecule has 1 saturated heterocycles. The summed E-state index contributed by atoms with van der Waals surface area (Å²) in [6.07, 6.45) is 2.52. The number of rotatable bonds is 9. The molecule has 1 fully saturated rings. The van der Waals surface area contributed by atoms with Crippen LogP contribution < -0.4 is 16.3 Å². The number of aromatic amines is 1. The molecule has 2 aliphatic heterocycles. The molecule has 3 aromatic rings. The number of halogens is 1. The minimum atomic E-state index is -1.37. The highest BCUT2D eigenvalue weighted by Gasteiger charge is 2.39. The lowest BCUT2D eigenvalue weighted by molar-refractivity contribution is -0.133. The maximum Gasteiger partial charge on any atom is 0.347 e. The number of carbonyl (C=O) groups excluding carboxylic acids is 2. The summed E-state index contributed by atoms with van der Waals surface area (Å²) in [5.74, 6) is -1.89. The van der Waals surface area contributed by atoms with Gasteiger partial charge >= 0.3 is 5.69 Å². The van der Waals surface area contributed by atoms with Crippen LogP contribution in [0.2, 0.25) is 0 Å². The van der Waals surface area contributed by atoms with Crippen molar-refractivity contribution in [2.45, 2.75) is 52.3 Å². The van der Waals surface area contributed by atoms with Crippen LogP contribution in [0.15, 0.2) is 52.6 Å². The van der Waals surface area contributed by atoms with Crippen LogP contribution in [0.25, 0.3) is 17.0 Å². The number of fused-ring (bicyclic) bond motifs is 2. The molecule has 0 aromatic carbocycles. The Morgan fingerprint density at radius 2 is 1.98 bits per heavy atom. The van der Waals surface area contributed by atoms with E-state index < -0.39 is 29.4 Å². The van der Waals surface area contributed by atoms with Crippen LogP contribution in [-0.2, 0) is 9.59 Å². The number of nitrogens with zero attached hydrogens (tertiary/aromatic N) is 6. The van der Waals surface area contributed by atoms with Crippen molar-refractivity contribution in [1.82, 2.24) is 39.7 Å². The van der Waals surface area contributed by atoms with Crippen molar-refractivity contribution >= 4 is 23.3 Å². The van der Waals surface area contributed by atoms with Crippen molar-refractivity contribution in [3.05, 3.63) is 64.1 Å². The Kier molecular flexibility index (Phi) is 8.17. The van der Waals surface area contributed by atoms with Gasteiger partial charge in [0, 0.05) is 49.1 Å². The van der Waals surface area contributed by atoms with Gasteiger partial charge in [-0.15, -0.1) is 0 Å². The van der Waals surface area contributed by atoms with E-state index in [9.17, 15) is 29.0 Å². The van der Waals surface area contributed by atoms with E-state index in [1.807, 2.05) is 27.7 Å². The fraction of sp³-hybridized carbons (Fsp3) is 0.429. The predicted molar refractivity (Wildman–Crippen MR) is 154 cm³/mol. The van der Waals surface area contributed by atoms with Crippen molar-refractivity contribution in [3.8, 4) is 11.4 Å². The van der Waals surface area contributed by atoms with Gasteiger partial charge in [-0.05, 0) is 38.0 Å². The molecule has 5 heterocycles. The summed E-state index contributed by atoms with van der Waals surface area (Å²) >= 11 is 0. The minimum Gasteiger partial charge on any atom is -0.507 e. The molecule has 0 radical (unpaired) electrons. The number of pyridine rings is 1. The van der Waals surface area contributed by atoms with Crippen molar-refractivity contribution in [1.29, 1.82) is 0 Å². The van der Waals surface area contributed by atoms with E-state index in [0.717, 1.165) is 6.20 Å². The fourth-order valence-corrected chi connectivity index (χ4v) is 5.08. The zero-order valence-electron chi connectivity index (χ0n) is 24.2.